The fraction of sp³-hybridized carbons (Fsp3) is 0.318. The Morgan fingerprint density at radius 1 is 1.19 bits per heavy atom. The van der Waals surface area contributed by atoms with Gasteiger partial charge in [0.15, 0.2) is 11.6 Å². The molecule has 32 heavy (non-hydrogen) atoms. The van der Waals surface area contributed by atoms with Gasteiger partial charge < -0.3 is 14.2 Å². The Labute approximate surface area is 181 Å². The van der Waals surface area contributed by atoms with E-state index in [2.05, 4.69) is 9.97 Å². The molecule has 1 amide bonds. The standard InChI is InChI=1S/C22H20F4N4O2/c1-3-4-9-29-12-30-19(13(2)28-20(30)21(29)31)14-5-7-17(16(23)10-14)32-15-6-8-18(27-11-15)22(24,25)26/h5-8,10-11H,3-4,9,12H2,1-2H3. The van der Waals surface area contributed by atoms with Crippen LogP contribution in [0.3, 0.4) is 0 Å². The van der Waals surface area contributed by atoms with Crippen LogP contribution >= 0.6 is 0 Å². The molecule has 0 aliphatic carbocycles. The number of imidazole rings is 1. The van der Waals surface area contributed by atoms with E-state index in [9.17, 15) is 22.4 Å². The second kappa shape index (κ2) is 8.25. The summed E-state index contributed by atoms with van der Waals surface area (Å²) in [5, 5.41) is 0. The fourth-order valence-electron chi connectivity index (χ4n) is 3.60. The summed E-state index contributed by atoms with van der Waals surface area (Å²) in [6, 6.07) is 6.10. The number of fused-ring (bicyclic) bond motifs is 1. The van der Waals surface area contributed by atoms with E-state index in [1.165, 1.54) is 12.1 Å². The largest absolute Gasteiger partial charge is 0.453 e. The maximum Gasteiger partial charge on any atom is 0.433 e. The van der Waals surface area contributed by atoms with E-state index in [4.69, 9.17) is 4.74 Å². The van der Waals surface area contributed by atoms with Gasteiger partial charge in [-0.15, -0.1) is 0 Å². The number of alkyl halides is 3. The van der Waals surface area contributed by atoms with Gasteiger partial charge in [-0.25, -0.2) is 14.4 Å². The molecule has 0 fully saturated rings. The van der Waals surface area contributed by atoms with Crippen LogP contribution in [-0.4, -0.2) is 31.9 Å². The molecule has 0 saturated heterocycles. The van der Waals surface area contributed by atoms with Crippen LogP contribution in [0.25, 0.3) is 11.3 Å². The van der Waals surface area contributed by atoms with Gasteiger partial charge in [0.05, 0.1) is 24.3 Å². The predicted molar refractivity (Wildman–Crippen MR) is 108 cm³/mol. The molecule has 6 nitrogen and oxygen atoms in total. The molecule has 0 atom stereocenters. The summed E-state index contributed by atoms with van der Waals surface area (Å²) in [5.74, 6) is -0.712. The average molecular weight is 448 g/mol. The van der Waals surface area contributed by atoms with Crippen molar-refractivity contribution in [3.8, 4) is 22.8 Å². The number of carbonyl (C=O) groups is 1. The first-order valence-electron chi connectivity index (χ1n) is 10.1. The molecule has 10 heteroatoms. The summed E-state index contributed by atoms with van der Waals surface area (Å²) in [6.07, 6.45) is -1.84. The highest BCUT2D eigenvalue weighted by molar-refractivity contribution is 5.94. The molecule has 168 valence electrons. The van der Waals surface area contributed by atoms with E-state index >= 15 is 0 Å². The summed E-state index contributed by atoms with van der Waals surface area (Å²) >= 11 is 0. The summed E-state index contributed by atoms with van der Waals surface area (Å²) < 4.78 is 59.8. The van der Waals surface area contributed by atoms with Crippen molar-refractivity contribution in [3.63, 3.8) is 0 Å². The average Bonchev–Trinajstić information content (AvgIpc) is 3.22. The van der Waals surface area contributed by atoms with Gasteiger partial charge in [0, 0.05) is 12.1 Å². The van der Waals surface area contributed by atoms with Crippen molar-refractivity contribution >= 4 is 5.91 Å². The number of carbonyl (C=O) groups excluding carboxylic acids is 1. The lowest BCUT2D eigenvalue weighted by molar-refractivity contribution is -0.141. The first-order valence-corrected chi connectivity index (χ1v) is 10.1. The first kappa shape index (κ1) is 21.8. The van der Waals surface area contributed by atoms with Crippen molar-refractivity contribution in [1.82, 2.24) is 19.4 Å². The summed E-state index contributed by atoms with van der Waals surface area (Å²) in [6.45, 7) is 4.77. The van der Waals surface area contributed by atoms with Gasteiger partial charge in [-0.2, -0.15) is 13.2 Å². The first-order chi connectivity index (χ1) is 15.2. The van der Waals surface area contributed by atoms with Gasteiger partial charge in [-0.1, -0.05) is 13.3 Å². The van der Waals surface area contributed by atoms with E-state index in [1.807, 2.05) is 6.92 Å². The highest BCUT2D eigenvalue weighted by Crippen LogP contribution is 2.34. The Morgan fingerprint density at radius 3 is 2.59 bits per heavy atom. The molecule has 1 aromatic carbocycles. The van der Waals surface area contributed by atoms with Crippen LogP contribution in [0.5, 0.6) is 11.5 Å². The normalized spacial score (nSPS) is 13.6. The minimum atomic E-state index is -4.57. The van der Waals surface area contributed by atoms with Crippen molar-refractivity contribution in [2.45, 2.75) is 39.5 Å². The number of unbranched alkanes of at least 4 members (excludes halogenated alkanes) is 1. The zero-order valence-corrected chi connectivity index (χ0v) is 17.4. The fourth-order valence-corrected chi connectivity index (χ4v) is 3.60. The van der Waals surface area contributed by atoms with Crippen LogP contribution in [0.15, 0.2) is 36.5 Å². The number of ether oxygens (including phenoxy) is 1. The Balaban J connectivity index is 1.58. The van der Waals surface area contributed by atoms with Crippen molar-refractivity contribution in [3.05, 3.63) is 59.6 Å². The number of pyridine rings is 1. The lowest BCUT2D eigenvalue weighted by Gasteiger charge is -2.16. The maximum atomic E-state index is 14.8. The molecule has 0 radical (unpaired) electrons. The molecule has 0 bridgehead atoms. The third-order valence-corrected chi connectivity index (χ3v) is 5.17. The molecular formula is C22H20F4N4O2. The number of benzene rings is 1. The van der Waals surface area contributed by atoms with E-state index in [-0.39, 0.29) is 17.4 Å². The Bertz CT molecular complexity index is 1160. The van der Waals surface area contributed by atoms with Gasteiger partial charge in [0.25, 0.3) is 5.91 Å². The number of hydrogen-bond donors (Lipinski definition) is 0. The molecule has 2 aromatic heterocycles. The molecule has 0 saturated carbocycles. The van der Waals surface area contributed by atoms with E-state index in [0.29, 0.717) is 36.0 Å². The van der Waals surface area contributed by atoms with Crippen LogP contribution < -0.4 is 4.74 Å². The number of amides is 1. The quantitative estimate of drug-likeness (QED) is 0.473. The van der Waals surface area contributed by atoms with Crippen LogP contribution in [0.2, 0.25) is 0 Å². The zero-order valence-electron chi connectivity index (χ0n) is 17.4. The van der Waals surface area contributed by atoms with Gasteiger partial charge in [-0.05, 0) is 43.7 Å². The highest BCUT2D eigenvalue weighted by atomic mass is 19.4. The van der Waals surface area contributed by atoms with Gasteiger partial charge in [-0.3, -0.25) is 4.79 Å². The minimum Gasteiger partial charge on any atom is -0.453 e. The lowest BCUT2D eigenvalue weighted by atomic mass is 10.1. The molecule has 4 rings (SSSR count). The smallest absolute Gasteiger partial charge is 0.433 e. The second-order valence-corrected chi connectivity index (χ2v) is 7.49. The van der Waals surface area contributed by atoms with Gasteiger partial charge in [0.1, 0.15) is 11.4 Å². The SMILES string of the molecule is CCCCN1Cn2c(nc(C)c2-c2ccc(Oc3ccc(C(F)(F)F)nc3)c(F)c2)C1=O. The number of nitrogens with zero attached hydrogens (tertiary/aromatic N) is 4. The van der Waals surface area contributed by atoms with Crippen molar-refractivity contribution < 1.29 is 27.1 Å². The Morgan fingerprint density at radius 2 is 1.97 bits per heavy atom. The Hall–Kier alpha value is -3.43. The Kier molecular flexibility index (Phi) is 5.62. The second-order valence-electron chi connectivity index (χ2n) is 7.49. The number of aryl methyl sites for hydroxylation is 1. The predicted octanol–water partition coefficient (Wildman–Crippen LogP) is 5.42. The molecule has 3 aromatic rings. The highest BCUT2D eigenvalue weighted by Gasteiger charge is 2.33. The summed E-state index contributed by atoms with van der Waals surface area (Å²) in [4.78, 5) is 22.0. The summed E-state index contributed by atoms with van der Waals surface area (Å²) in [5.41, 5.74) is 0.688. The van der Waals surface area contributed by atoms with E-state index in [1.54, 1.807) is 22.5 Å². The third kappa shape index (κ3) is 4.04. The third-order valence-electron chi connectivity index (χ3n) is 5.17. The minimum absolute atomic E-state index is 0.0248. The van der Waals surface area contributed by atoms with Gasteiger partial charge in [0.2, 0.25) is 5.82 Å². The molecule has 1 aliphatic rings. The van der Waals surface area contributed by atoms with Crippen LogP contribution in [-0.2, 0) is 12.8 Å². The monoisotopic (exact) mass is 448 g/mol. The molecule has 1 aliphatic heterocycles. The molecule has 0 N–H and O–H groups in total. The van der Waals surface area contributed by atoms with E-state index < -0.39 is 17.7 Å². The number of rotatable bonds is 6. The van der Waals surface area contributed by atoms with Crippen LogP contribution in [0.1, 0.15) is 41.8 Å². The number of halogens is 4. The van der Waals surface area contributed by atoms with Crippen molar-refractivity contribution in [2.75, 3.05) is 6.54 Å². The van der Waals surface area contributed by atoms with E-state index in [0.717, 1.165) is 31.2 Å². The number of hydrogen-bond acceptors (Lipinski definition) is 4. The molecule has 0 unspecified atom stereocenters. The molecular weight excluding hydrogens is 428 g/mol. The van der Waals surface area contributed by atoms with Crippen LogP contribution in [0, 0.1) is 12.7 Å². The molecule has 0 spiro atoms. The molecule has 3 heterocycles. The maximum absolute atomic E-state index is 14.8. The van der Waals surface area contributed by atoms with Crippen LogP contribution in [0.4, 0.5) is 17.6 Å². The number of aromatic nitrogens is 3. The summed E-state index contributed by atoms with van der Waals surface area (Å²) in [7, 11) is 0. The van der Waals surface area contributed by atoms with Crippen molar-refractivity contribution in [2.24, 2.45) is 0 Å². The van der Waals surface area contributed by atoms with Crippen molar-refractivity contribution in [1.29, 1.82) is 0 Å². The zero-order chi connectivity index (χ0) is 23.0. The van der Waals surface area contributed by atoms with Gasteiger partial charge >= 0.3 is 6.18 Å². The topological polar surface area (TPSA) is 60.3 Å². The lowest BCUT2D eigenvalue weighted by Crippen LogP contribution is -2.26.